The number of carbonyl (C=O) groups is 2. The highest BCUT2D eigenvalue weighted by atomic mass is 19.1. The fourth-order valence-electron chi connectivity index (χ4n) is 1.29. The average Bonchev–Trinajstić information content (AvgIpc) is 2.54. The highest BCUT2D eigenvalue weighted by Crippen LogP contribution is 2.30. The predicted molar refractivity (Wildman–Crippen MR) is 38.0 cm³/mol. The molecule has 0 aromatic heterocycles. The molecule has 0 amide bonds. The third-order valence-corrected chi connectivity index (χ3v) is 2.11. The molecule has 0 saturated carbocycles. The molecular formula is C7H9FO5. The van der Waals surface area contributed by atoms with Crippen molar-refractivity contribution in [2.45, 2.75) is 12.1 Å². The average molecular weight is 192 g/mol. The highest BCUT2D eigenvalue weighted by molar-refractivity contribution is 6.02. The van der Waals surface area contributed by atoms with Gasteiger partial charge in [0.15, 0.2) is 0 Å². The number of hydrogen-bond donors (Lipinski definition) is 2. The van der Waals surface area contributed by atoms with E-state index in [9.17, 15) is 14.0 Å². The molecule has 74 valence electrons. The minimum atomic E-state index is -3.21. The Kier molecular flexibility index (Phi) is 2.51. The number of carboxylic acid groups (broad SMARTS) is 2. The summed E-state index contributed by atoms with van der Waals surface area (Å²) in [5.41, 5.74) is -3.21. The molecule has 0 aromatic carbocycles. The molecule has 0 aliphatic carbocycles. The number of hydrogen-bond acceptors (Lipinski definition) is 3. The topological polar surface area (TPSA) is 83.8 Å². The maximum atomic E-state index is 13.5. The van der Waals surface area contributed by atoms with Crippen LogP contribution in [0.5, 0.6) is 0 Å². The number of rotatable bonds is 3. The van der Waals surface area contributed by atoms with Crippen LogP contribution in [0, 0.1) is 5.92 Å². The first kappa shape index (κ1) is 9.91. The van der Waals surface area contributed by atoms with Gasteiger partial charge in [0.25, 0.3) is 0 Å². The molecule has 2 N–H and O–H groups in total. The largest absolute Gasteiger partial charge is 0.478 e. The number of ether oxygens (including phenoxy) is 1. The van der Waals surface area contributed by atoms with E-state index in [4.69, 9.17) is 14.9 Å². The van der Waals surface area contributed by atoms with Crippen LogP contribution in [-0.2, 0) is 14.3 Å². The van der Waals surface area contributed by atoms with Crippen LogP contribution in [0.2, 0.25) is 0 Å². The predicted octanol–water partition coefficient (Wildman–Crippen LogP) is -0.0996. The third kappa shape index (κ3) is 1.49. The van der Waals surface area contributed by atoms with Gasteiger partial charge in [-0.05, 0) is 6.42 Å². The molecule has 1 fully saturated rings. The van der Waals surface area contributed by atoms with E-state index in [1.54, 1.807) is 0 Å². The summed E-state index contributed by atoms with van der Waals surface area (Å²) < 4.78 is 18.2. The second-order valence-corrected chi connectivity index (χ2v) is 2.88. The Hall–Kier alpha value is -1.17. The van der Waals surface area contributed by atoms with Crippen molar-refractivity contribution in [1.29, 1.82) is 0 Å². The molecule has 6 heteroatoms. The van der Waals surface area contributed by atoms with E-state index < -0.39 is 23.5 Å². The number of halogens is 1. The van der Waals surface area contributed by atoms with Gasteiger partial charge >= 0.3 is 17.6 Å². The molecular weight excluding hydrogens is 183 g/mol. The minimum Gasteiger partial charge on any atom is -0.478 e. The van der Waals surface area contributed by atoms with Crippen molar-refractivity contribution in [3.8, 4) is 0 Å². The highest BCUT2D eigenvalue weighted by Gasteiger charge is 2.55. The lowest BCUT2D eigenvalue weighted by Gasteiger charge is -2.20. The van der Waals surface area contributed by atoms with Crippen LogP contribution in [0.1, 0.15) is 6.42 Å². The van der Waals surface area contributed by atoms with E-state index in [-0.39, 0.29) is 19.6 Å². The van der Waals surface area contributed by atoms with Gasteiger partial charge in [0.05, 0.1) is 6.61 Å². The molecule has 1 saturated heterocycles. The zero-order valence-corrected chi connectivity index (χ0v) is 6.70. The SMILES string of the molecule is O=C(O)C(F)(C(=O)O)[C@H]1CCOC1. The van der Waals surface area contributed by atoms with Gasteiger partial charge in [0, 0.05) is 12.5 Å². The number of alkyl halides is 1. The monoisotopic (exact) mass is 192 g/mol. The number of aliphatic carboxylic acids is 2. The second kappa shape index (κ2) is 3.29. The van der Waals surface area contributed by atoms with Crippen molar-refractivity contribution in [2.75, 3.05) is 13.2 Å². The molecule has 5 nitrogen and oxygen atoms in total. The maximum Gasteiger partial charge on any atom is 0.353 e. The molecule has 0 unspecified atom stereocenters. The summed E-state index contributed by atoms with van der Waals surface area (Å²) in [6.45, 7) is 0.0476. The zero-order chi connectivity index (χ0) is 10.1. The minimum absolute atomic E-state index is 0.120. The van der Waals surface area contributed by atoms with E-state index >= 15 is 0 Å². The van der Waals surface area contributed by atoms with E-state index in [2.05, 4.69) is 0 Å². The smallest absolute Gasteiger partial charge is 0.353 e. The molecule has 0 radical (unpaired) electrons. The quantitative estimate of drug-likeness (QED) is 0.610. The van der Waals surface area contributed by atoms with Crippen molar-refractivity contribution < 1.29 is 28.9 Å². The summed E-state index contributed by atoms with van der Waals surface area (Å²) in [6, 6.07) is 0. The Balaban J connectivity index is 2.89. The summed E-state index contributed by atoms with van der Waals surface area (Å²) in [5.74, 6) is -5.02. The fraction of sp³-hybridized carbons (Fsp3) is 0.714. The van der Waals surface area contributed by atoms with Gasteiger partial charge in [0.2, 0.25) is 0 Å². The van der Waals surface area contributed by atoms with Gasteiger partial charge < -0.3 is 14.9 Å². The van der Waals surface area contributed by atoms with Crippen LogP contribution in [-0.4, -0.2) is 41.0 Å². The van der Waals surface area contributed by atoms with E-state index in [0.29, 0.717) is 0 Å². The Bertz CT molecular complexity index is 219. The van der Waals surface area contributed by atoms with Crippen LogP contribution in [0.25, 0.3) is 0 Å². The van der Waals surface area contributed by atoms with Crippen molar-refractivity contribution in [2.24, 2.45) is 5.92 Å². The maximum absolute atomic E-state index is 13.5. The molecule has 1 heterocycles. The van der Waals surface area contributed by atoms with Crippen molar-refractivity contribution >= 4 is 11.9 Å². The Morgan fingerprint density at radius 3 is 2.23 bits per heavy atom. The lowest BCUT2D eigenvalue weighted by molar-refractivity contribution is -0.172. The molecule has 1 aliphatic rings. The fourth-order valence-corrected chi connectivity index (χ4v) is 1.29. The molecule has 0 aromatic rings. The second-order valence-electron chi connectivity index (χ2n) is 2.88. The van der Waals surface area contributed by atoms with E-state index in [1.807, 2.05) is 0 Å². The lowest BCUT2D eigenvalue weighted by atomic mass is 9.88. The molecule has 13 heavy (non-hydrogen) atoms. The van der Waals surface area contributed by atoms with Crippen LogP contribution >= 0.6 is 0 Å². The van der Waals surface area contributed by atoms with Crippen molar-refractivity contribution in [3.63, 3.8) is 0 Å². The van der Waals surface area contributed by atoms with Crippen LogP contribution in [0.15, 0.2) is 0 Å². The molecule has 1 aliphatic heterocycles. The lowest BCUT2D eigenvalue weighted by Crippen LogP contribution is -2.49. The summed E-state index contributed by atoms with van der Waals surface area (Å²) in [4.78, 5) is 20.9. The van der Waals surface area contributed by atoms with Crippen LogP contribution in [0.4, 0.5) is 4.39 Å². The standard InChI is InChI=1S/C7H9FO5/c8-7(5(9)10,6(11)12)4-1-2-13-3-4/h4H,1-3H2,(H,9,10)(H,11,12)/t4-/m0/s1. The molecule has 1 rings (SSSR count). The van der Waals surface area contributed by atoms with E-state index in [0.717, 1.165) is 0 Å². The summed E-state index contributed by atoms with van der Waals surface area (Å²) in [5, 5.41) is 16.9. The third-order valence-electron chi connectivity index (χ3n) is 2.11. The van der Waals surface area contributed by atoms with E-state index in [1.165, 1.54) is 0 Å². The first-order valence-corrected chi connectivity index (χ1v) is 3.73. The Labute approximate surface area is 73.1 Å². The van der Waals surface area contributed by atoms with Gasteiger partial charge in [0.1, 0.15) is 0 Å². The Morgan fingerprint density at radius 1 is 1.38 bits per heavy atom. The van der Waals surface area contributed by atoms with Crippen LogP contribution in [0.3, 0.4) is 0 Å². The normalized spacial score (nSPS) is 23.0. The van der Waals surface area contributed by atoms with Crippen molar-refractivity contribution in [3.05, 3.63) is 0 Å². The van der Waals surface area contributed by atoms with Gasteiger partial charge in [-0.25, -0.2) is 14.0 Å². The Morgan fingerprint density at radius 2 is 1.92 bits per heavy atom. The first-order chi connectivity index (χ1) is 5.99. The summed E-state index contributed by atoms with van der Waals surface area (Å²) in [7, 11) is 0. The van der Waals surface area contributed by atoms with Gasteiger partial charge in [-0.3, -0.25) is 0 Å². The van der Waals surface area contributed by atoms with Gasteiger partial charge in [-0.2, -0.15) is 0 Å². The van der Waals surface area contributed by atoms with Gasteiger partial charge in [-0.1, -0.05) is 0 Å². The van der Waals surface area contributed by atoms with Crippen LogP contribution < -0.4 is 0 Å². The number of carboxylic acids is 2. The summed E-state index contributed by atoms with van der Waals surface area (Å²) >= 11 is 0. The zero-order valence-electron chi connectivity index (χ0n) is 6.70. The van der Waals surface area contributed by atoms with Gasteiger partial charge in [-0.15, -0.1) is 0 Å². The summed E-state index contributed by atoms with van der Waals surface area (Å²) in [6.07, 6.45) is 0.120. The molecule has 0 spiro atoms. The van der Waals surface area contributed by atoms with Crippen molar-refractivity contribution in [1.82, 2.24) is 0 Å². The first-order valence-electron chi connectivity index (χ1n) is 3.73. The molecule has 1 atom stereocenters. The molecule has 0 bridgehead atoms.